The minimum Gasteiger partial charge on any atom is -0.506 e. The van der Waals surface area contributed by atoms with E-state index in [9.17, 15) is 13.5 Å². The third-order valence-corrected chi connectivity index (χ3v) is 3.34. The molecule has 80 valence electrons. The Bertz CT molecular complexity index is 531. The van der Waals surface area contributed by atoms with Crippen LogP contribution in [0.15, 0.2) is 17.0 Å². The van der Waals surface area contributed by atoms with Crippen LogP contribution < -0.4 is 0 Å². The Morgan fingerprint density at radius 3 is 2.53 bits per heavy atom. The van der Waals surface area contributed by atoms with E-state index in [4.69, 9.17) is 15.9 Å². The number of hydrogen-bond donors (Lipinski definition) is 1. The van der Waals surface area contributed by atoms with Crippen molar-refractivity contribution < 1.29 is 13.5 Å². The van der Waals surface area contributed by atoms with Gasteiger partial charge in [-0.25, -0.2) is 8.42 Å². The third kappa shape index (κ3) is 2.22. The van der Waals surface area contributed by atoms with Crippen molar-refractivity contribution in [2.75, 3.05) is 0 Å². The molecule has 6 heteroatoms. The fourth-order valence-electron chi connectivity index (χ4n) is 1.27. The van der Waals surface area contributed by atoms with Crippen LogP contribution >= 0.6 is 10.7 Å². The Hall–Kier alpha value is -1.25. The lowest BCUT2D eigenvalue weighted by molar-refractivity contribution is 0.453. The first-order chi connectivity index (χ1) is 6.91. The first kappa shape index (κ1) is 11.8. The second kappa shape index (κ2) is 4.09. The number of hydrogen-bond acceptors (Lipinski definition) is 4. The van der Waals surface area contributed by atoms with E-state index < -0.39 is 14.8 Å². The van der Waals surface area contributed by atoms with Crippen LogP contribution in [0.5, 0.6) is 5.75 Å². The summed E-state index contributed by atoms with van der Waals surface area (Å²) in [6.07, 6.45) is 0.356. The van der Waals surface area contributed by atoms with Crippen LogP contribution in [0.3, 0.4) is 0 Å². The molecule has 1 N–H and O–H groups in total. The van der Waals surface area contributed by atoms with Gasteiger partial charge < -0.3 is 5.11 Å². The van der Waals surface area contributed by atoms with Gasteiger partial charge in [-0.15, -0.1) is 0 Å². The van der Waals surface area contributed by atoms with Crippen molar-refractivity contribution in [1.82, 2.24) is 0 Å². The Kier molecular flexibility index (Phi) is 3.22. The molecule has 0 bridgehead atoms. The van der Waals surface area contributed by atoms with Crippen LogP contribution in [0.1, 0.15) is 18.1 Å². The number of nitrogens with zero attached hydrogens (tertiary/aromatic N) is 1. The van der Waals surface area contributed by atoms with Crippen LogP contribution in [0.2, 0.25) is 0 Å². The zero-order chi connectivity index (χ0) is 11.6. The van der Waals surface area contributed by atoms with Gasteiger partial charge in [0.1, 0.15) is 10.6 Å². The van der Waals surface area contributed by atoms with Gasteiger partial charge in [0.2, 0.25) is 0 Å². The smallest absolute Gasteiger partial charge is 0.264 e. The molecule has 0 aliphatic carbocycles. The van der Waals surface area contributed by atoms with E-state index >= 15 is 0 Å². The Labute approximate surface area is 92.1 Å². The van der Waals surface area contributed by atoms with Crippen LogP contribution in [0.4, 0.5) is 0 Å². The van der Waals surface area contributed by atoms with Gasteiger partial charge in [0.05, 0.1) is 11.6 Å². The van der Waals surface area contributed by atoms with E-state index in [0.717, 1.165) is 6.07 Å². The minimum atomic E-state index is -3.98. The second-order valence-electron chi connectivity index (χ2n) is 2.84. The minimum absolute atomic E-state index is 0.249. The highest BCUT2D eigenvalue weighted by Crippen LogP contribution is 2.31. The topological polar surface area (TPSA) is 78.2 Å². The summed E-state index contributed by atoms with van der Waals surface area (Å²) in [5.74, 6) is -0.438. The summed E-state index contributed by atoms with van der Waals surface area (Å²) in [7, 11) is 1.14. The van der Waals surface area contributed by atoms with Gasteiger partial charge in [-0.3, -0.25) is 0 Å². The predicted molar refractivity (Wildman–Crippen MR) is 55.2 cm³/mol. The first-order valence-electron chi connectivity index (χ1n) is 4.11. The normalized spacial score (nSPS) is 11.0. The number of phenols is 1. The van der Waals surface area contributed by atoms with Gasteiger partial charge >= 0.3 is 0 Å². The van der Waals surface area contributed by atoms with E-state index in [1.54, 1.807) is 6.92 Å². The summed E-state index contributed by atoms with van der Waals surface area (Å²) in [6.45, 7) is 1.71. The molecule has 1 aromatic rings. The zero-order valence-electron chi connectivity index (χ0n) is 7.86. The van der Waals surface area contributed by atoms with Crippen molar-refractivity contribution in [2.24, 2.45) is 0 Å². The SMILES string of the molecule is CCc1c(C#N)ccc(S(=O)(=O)Cl)c1O. The van der Waals surface area contributed by atoms with Gasteiger partial charge in [0, 0.05) is 16.2 Å². The van der Waals surface area contributed by atoms with Gasteiger partial charge in [-0.1, -0.05) is 6.92 Å². The fraction of sp³-hybridized carbons (Fsp3) is 0.222. The van der Waals surface area contributed by atoms with Gasteiger partial charge in [0.25, 0.3) is 9.05 Å². The lowest BCUT2D eigenvalue weighted by Crippen LogP contribution is -1.97. The molecule has 0 amide bonds. The number of rotatable bonds is 2. The van der Waals surface area contributed by atoms with Crippen molar-refractivity contribution in [3.05, 3.63) is 23.3 Å². The zero-order valence-corrected chi connectivity index (χ0v) is 9.43. The van der Waals surface area contributed by atoms with E-state index in [-0.39, 0.29) is 10.5 Å². The second-order valence-corrected chi connectivity index (χ2v) is 5.38. The maximum atomic E-state index is 11.0. The average molecular weight is 246 g/mol. The van der Waals surface area contributed by atoms with Crippen molar-refractivity contribution in [2.45, 2.75) is 18.2 Å². The third-order valence-electron chi connectivity index (χ3n) is 1.98. The summed E-state index contributed by atoms with van der Waals surface area (Å²) in [6, 6.07) is 4.32. The summed E-state index contributed by atoms with van der Waals surface area (Å²) >= 11 is 0. The summed E-state index contributed by atoms with van der Waals surface area (Å²) in [5.41, 5.74) is 0.540. The highest BCUT2D eigenvalue weighted by atomic mass is 35.7. The van der Waals surface area contributed by atoms with Crippen LogP contribution in [0, 0.1) is 11.3 Å². The van der Waals surface area contributed by atoms with E-state index in [0.29, 0.717) is 12.0 Å². The summed E-state index contributed by atoms with van der Waals surface area (Å²) in [4.78, 5) is -0.361. The fourth-order valence-corrected chi connectivity index (χ4v) is 2.23. The first-order valence-corrected chi connectivity index (χ1v) is 6.42. The number of benzene rings is 1. The molecule has 0 radical (unpaired) electrons. The molecule has 0 aromatic heterocycles. The number of nitriles is 1. The van der Waals surface area contributed by atoms with Crippen molar-refractivity contribution in [3.8, 4) is 11.8 Å². The number of aromatic hydroxyl groups is 1. The number of halogens is 1. The average Bonchev–Trinajstić information content (AvgIpc) is 2.15. The Morgan fingerprint density at radius 1 is 1.53 bits per heavy atom. The molecular formula is C9H8ClNO3S. The molecule has 1 aromatic carbocycles. The predicted octanol–water partition coefficient (Wildman–Crippen LogP) is 1.75. The highest BCUT2D eigenvalue weighted by molar-refractivity contribution is 8.13. The van der Waals surface area contributed by atoms with E-state index in [1.165, 1.54) is 6.07 Å². The summed E-state index contributed by atoms with van der Waals surface area (Å²) in [5, 5.41) is 18.3. The van der Waals surface area contributed by atoms with E-state index in [2.05, 4.69) is 0 Å². The molecule has 0 spiro atoms. The van der Waals surface area contributed by atoms with Crippen molar-refractivity contribution >= 4 is 19.7 Å². The molecule has 0 saturated heterocycles. The molecule has 0 unspecified atom stereocenters. The molecule has 0 atom stereocenters. The quantitative estimate of drug-likeness (QED) is 0.806. The lowest BCUT2D eigenvalue weighted by atomic mass is 10.1. The van der Waals surface area contributed by atoms with Gasteiger partial charge in [-0.2, -0.15) is 5.26 Å². The molecule has 0 saturated carbocycles. The maximum absolute atomic E-state index is 11.0. The van der Waals surface area contributed by atoms with E-state index in [1.807, 2.05) is 6.07 Å². The Balaban J connectivity index is 3.59. The van der Waals surface area contributed by atoms with Crippen LogP contribution in [-0.4, -0.2) is 13.5 Å². The number of phenolic OH excluding ortho intramolecular Hbond substituents is 1. The molecule has 4 nitrogen and oxygen atoms in total. The molecular weight excluding hydrogens is 238 g/mol. The van der Waals surface area contributed by atoms with Crippen molar-refractivity contribution in [1.29, 1.82) is 5.26 Å². The monoisotopic (exact) mass is 245 g/mol. The molecule has 0 heterocycles. The van der Waals surface area contributed by atoms with Crippen molar-refractivity contribution in [3.63, 3.8) is 0 Å². The molecule has 0 aliphatic rings. The largest absolute Gasteiger partial charge is 0.506 e. The van der Waals surface area contributed by atoms with Gasteiger partial charge in [0.15, 0.2) is 0 Å². The van der Waals surface area contributed by atoms with Crippen LogP contribution in [0.25, 0.3) is 0 Å². The Morgan fingerprint density at radius 2 is 2.13 bits per heavy atom. The molecule has 1 rings (SSSR count). The van der Waals surface area contributed by atoms with Gasteiger partial charge in [-0.05, 0) is 18.6 Å². The molecule has 0 fully saturated rings. The highest BCUT2D eigenvalue weighted by Gasteiger charge is 2.19. The molecule has 15 heavy (non-hydrogen) atoms. The molecule has 0 aliphatic heterocycles. The maximum Gasteiger partial charge on any atom is 0.264 e. The van der Waals surface area contributed by atoms with Crippen LogP contribution in [-0.2, 0) is 15.5 Å². The lowest BCUT2D eigenvalue weighted by Gasteiger charge is -2.07. The summed E-state index contributed by atoms with van der Waals surface area (Å²) < 4.78 is 22.1. The standard InChI is InChI=1S/C9H8ClNO3S/c1-2-7-6(5-11)3-4-8(9(7)12)15(10,13)14/h3-4,12H,2H2,1H3.